The Morgan fingerprint density at radius 2 is 1.47 bits per heavy atom. The predicted octanol–water partition coefficient (Wildman–Crippen LogP) is -2.34. The maximum Gasteiger partial charge on any atom is 0.244 e. The Hall–Kier alpha value is -1.70. The highest BCUT2D eigenvalue weighted by atomic mass is 16.3. The van der Waals surface area contributed by atoms with Crippen LogP contribution in [0, 0.1) is 0 Å². The number of aliphatic hydroxyl groups excluding tert-OH is 3. The third-order valence-electron chi connectivity index (χ3n) is 1.68. The van der Waals surface area contributed by atoms with Gasteiger partial charge in [-0.3, -0.25) is 9.59 Å². The molecule has 0 saturated heterocycles. The van der Waals surface area contributed by atoms with Gasteiger partial charge in [-0.05, 0) is 12.2 Å². The van der Waals surface area contributed by atoms with Gasteiger partial charge in [0.1, 0.15) is 5.54 Å². The van der Waals surface area contributed by atoms with E-state index in [9.17, 15) is 9.59 Å². The van der Waals surface area contributed by atoms with Crippen molar-refractivity contribution in [3.8, 4) is 0 Å². The third-order valence-corrected chi connectivity index (χ3v) is 1.68. The summed E-state index contributed by atoms with van der Waals surface area (Å²) in [5.41, 5.74) is 3.18. The van der Waals surface area contributed by atoms with Crippen molar-refractivity contribution in [3.05, 3.63) is 25.3 Å². The summed E-state index contributed by atoms with van der Waals surface area (Å²) in [5.74, 6) is -1.03. The molecule has 0 aromatic rings. The first-order valence-electron chi connectivity index (χ1n) is 4.60. The Kier molecular flexibility index (Phi) is 9.91. The molecule has 7 heteroatoms. The second-order valence-electron chi connectivity index (χ2n) is 3.05. The Balaban J connectivity index is 0. The molecule has 17 heavy (non-hydrogen) atoms. The fraction of sp³-hybridized carbons (Fsp3) is 0.400. The van der Waals surface area contributed by atoms with Crippen LogP contribution in [0.5, 0.6) is 0 Å². The molecular formula is C10H18N2O5. The van der Waals surface area contributed by atoms with Crippen molar-refractivity contribution < 1.29 is 24.9 Å². The molecule has 98 valence electrons. The van der Waals surface area contributed by atoms with E-state index in [0.717, 1.165) is 12.2 Å². The highest BCUT2D eigenvalue weighted by Crippen LogP contribution is 2.00. The number of amides is 2. The normalized spacial score (nSPS) is 9.59. The first kappa shape index (κ1) is 17.7. The average Bonchev–Trinajstić information content (AvgIpc) is 2.36. The lowest BCUT2D eigenvalue weighted by Crippen LogP contribution is -2.56. The minimum Gasteiger partial charge on any atom is -0.394 e. The van der Waals surface area contributed by atoms with E-state index in [1.165, 1.54) is 0 Å². The average molecular weight is 246 g/mol. The topological polar surface area (TPSA) is 133 Å². The maximum atomic E-state index is 10.7. The zero-order chi connectivity index (χ0) is 13.9. The fourth-order valence-corrected chi connectivity index (χ4v) is 0.581. The maximum absolute atomic E-state index is 10.7. The van der Waals surface area contributed by atoms with E-state index in [4.69, 9.17) is 15.3 Å². The molecule has 0 unspecified atom stereocenters. The largest absolute Gasteiger partial charge is 0.394 e. The molecule has 0 fully saturated rings. The number of carbonyl (C=O) groups excluding carboxylic acids is 2. The lowest BCUT2D eigenvalue weighted by Gasteiger charge is -2.27. The van der Waals surface area contributed by atoms with E-state index >= 15 is 0 Å². The van der Waals surface area contributed by atoms with Crippen molar-refractivity contribution in [2.75, 3.05) is 19.8 Å². The number of hydrogen-bond acceptors (Lipinski definition) is 5. The molecule has 0 saturated carbocycles. The molecule has 0 radical (unpaired) electrons. The van der Waals surface area contributed by atoms with Crippen LogP contribution < -0.4 is 11.1 Å². The van der Waals surface area contributed by atoms with Crippen LogP contribution >= 0.6 is 0 Å². The highest BCUT2D eigenvalue weighted by Gasteiger charge is 2.28. The zero-order valence-electron chi connectivity index (χ0n) is 9.43. The molecule has 6 N–H and O–H groups in total. The van der Waals surface area contributed by atoms with Gasteiger partial charge < -0.3 is 26.4 Å². The zero-order valence-corrected chi connectivity index (χ0v) is 9.43. The summed E-state index contributed by atoms with van der Waals surface area (Å²) in [7, 11) is 0. The smallest absolute Gasteiger partial charge is 0.244 e. The number of nitrogens with two attached hydrogens (primary N) is 1. The van der Waals surface area contributed by atoms with E-state index in [1.807, 2.05) is 0 Å². The molecule has 0 rings (SSSR count). The number of aliphatic hydroxyl groups is 3. The molecule has 0 heterocycles. The van der Waals surface area contributed by atoms with E-state index in [0.29, 0.717) is 0 Å². The molecule has 0 aromatic heterocycles. The Morgan fingerprint density at radius 1 is 1.12 bits per heavy atom. The molecule has 0 aliphatic heterocycles. The SMILES string of the molecule is C=CC(=O)NC(CO)(CO)CO.C=CC(N)=O. The lowest BCUT2D eigenvalue weighted by atomic mass is 10.0. The van der Waals surface area contributed by atoms with Crippen molar-refractivity contribution in [1.29, 1.82) is 0 Å². The van der Waals surface area contributed by atoms with Crippen molar-refractivity contribution >= 4 is 11.8 Å². The van der Waals surface area contributed by atoms with Crippen molar-refractivity contribution in [2.45, 2.75) is 5.54 Å². The number of rotatable bonds is 6. The van der Waals surface area contributed by atoms with Gasteiger partial charge in [0.15, 0.2) is 0 Å². The second-order valence-corrected chi connectivity index (χ2v) is 3.05. The van der Waals surface area contributed by atoms with Gasteiger partial charge in [-0.2, -0.15) is 0 Å². The summed E-state index contributed by atoms with van der Waals surface area (Å²) in [5, 5.41) is 28.5. The van der Waals surface area contributed by atoms with Crippen molar-refractivity contribution in [1.82, 2.24) is 5.32 Å². The van der Waals surface area contributed by atoms with Crippen LogP contribution in [0.3, 0.4) is 0 Å². The second kappa shape index (κ2) is 9.52. The molecule has 0 aliphatic rings. The van der Waals surface area contributed by atoms with Crippen LogP contribution in [0.15, 0.2) is 25.3 Å². The van der Waals surface area contributed by atoms with Crippen LogP contribution in [-0.2, 0) is 9.59 Å². The summed E-state index contributed by atoms with van der Waals surface area (Å²) >= 11 is 0. The molecule has 0 aromatic carbocycles. The van der Waals surface area contributed by atoms with Gasteiger partial charge >= 0.3 is 0 Å². The van der Waals surface area contributed by atoms with Gasteiger partial charge in [0.25, 0.3) is 0 Å². The first-order valence-corrected chi connectivity index (χ1v) is 4.60. The summed E-state index contributed by atoms with van der Waals surface area (Å²) in [6, 6.07) is 0. The predicted molar refractivity (Wildman–Crippen MR) is 61.7 cm³/mol. The minimum atomic E-state index is -1.36. The summed E-state index contributed by atoms with van der Waals surface area (Å²) < 4.78 is 0. The Morgan fingerprint density at radius 3 is 1.65 bits per heavy atom. The van der Waals surface area contributed by atoms with Gasteiger partial charge in [0, 0.05) is 0 Å². The monoisotopic (exact) mass is 246 g/mol. The standard InChI is InChI=1S/C7H13NO4.C3H5NO/c1-2-6(12)8-7(3-9,4-10)5-11;1-2-3(4)5/h2,9-11H,1,3-5H2,(H,8,12);2H,1H2,(H2,4,5). The van der Waals surface area contributed by atoms with E-state index in [2.05, 4.69) is 24.2 Å². The van der Waals surface area contributed by atoms with Crippen LogP contribution in [-0.4, -0.2) is 52.5 Å². The van der Waals surface area contributed by atoms with E-state index in [-0.39, 0.29) is 0 Å². The molecule has 0 atom stereocenters. The number of hydrogen-bond donors (Lipinski definition) is 5. The van der Waals surface area contributed by atoms with Crippen molar-refractivity contribution in [3.63, 3.8) is 0 Å². The van der Waals surface area contributed by atoms with Crippen LogP contribution in [0.25, 0.3) is 0 Å². The third kappa shape index (κ3) is 8.14. The molecular weight excluding hydrogens is 228 g/mol. The van der Waals surface area contributed by atoms with Gasteiger partial charge in [-0.1, -0.05) is 13.2 Å². The molecule has 2 amide bonds. The number of nitrogens with one attached hydrogen (secondary N) is 1. The molecule has 0 spiro atoms. The van der Waals surface area contributed by atoms with Gasteiger partial charge in [-0.25, -0.2) is 0 Å². The molecule has 7 nitrogen and oxygen atoms in total. The van der Waals surface area contributed by atoms with Gasteiger partial charge in [0.05, 0.1) is 19.8 Å². The minimum absolute atomic E-state index is 0.481. The Bertz CT molecular complexity index is 266. The summed E-state index contributed by atoms with van der Waals surface area (Å²) in [6.45, 7) is 4.69. The molecule has 0 bridgehead atoms. The summed E-state index contributed by atoms with van der Waals surface area (Å²) in [6.07, 6.45) is 2.05. The summed E-state index contributed by atoms with van der Waals surface area (Å²) in [4.78, 5) is 20.2. The number of primary amides is 1. The Labute approximate surface area is 99.2 Å². The highest BCUT2D eigenvalue weighted by molar-refractivity contribution is 5.87. The number of carbonyl (C=O) groups is 2. The van der Waals surface area contributed by atoms with Gasteiger partial charge in [-0.15, -0.1) is 0 Å². The van der Waals surface area contributed by atoms with Crippen molar-refractivity contribution in [2.24, 2.45) is 5.73 Å². The van der Waals surface area contributed by atoms with Gasteiger partial charge in [0.2, 0.25) is 11.8 Å². The van der Waals surface area contributed by atoms with Crippen LogP contribution in [0.2, 0.25) is 0 Å². The van der Waals surface area contributed by atoms with Crippen LogP contribution in [0.4, 0.5) is 0 Å². The lowest BCUT2D eigenvalue weighted by molar-refractivity contribution is -0.120. The molecule has 0 aliphatic carbocycles. The van der Waals surface area contributed by atoms with Crippen LogP contribution in [0.1, 0.15) is 0 Å². The van der Waals surface area contributed by atoms with E-state index in [1.54, 1.807) is 0 Å². The van der Waals surface area contributed by atoms with E-state index < -0.39 is 37.2 Å². The first-order chi connectivity index (χ1) is 7.91. The fourth-order valence-electron chi connectivity index (χ4n) is 0.581. The quantitative estimate of drug-likeness (QED) is 0.335.